The Kier molecular flexibility index (Phi) is 4.56. The molecule has 22 heavy (non-hydrogen) atoms. The Bertz CT molecular complexity index is 554. The van der Waals surface area contributed by atoms with Gasteiger partial charge in [-0.25, -0.2) is 4.39 Å². The van der Waals surface area contributed by atoms with Crippen LogP contribution < -0.4 is 0 Å². The number of hydrogen-bond acceptors (Lipinski definition) is 5. The van der Waals surface area contributed by atoms with Gasteiger partial charge in [0.05, 0.1) is 12.6 Å². The topological polar surface area (TPSA) is 85.7 Å². The summed E-state index contributed by atoms with van der Waals surface area (Å²) in [5.41, 5.74) is 9.57. The fourth-order valence-corrected chi connectivity index (χ4v) is 2.76. The van der Waals surface area contributed by atoms with E-state index in [9.17, 15) is 4.39 Å². The number of nitrogens with zero attached hydrogens (tertiary/aromatic N) is 3. The second-order valence-electron chi connectivity index (χ2n) is 5.10. The highest BCUT2D eigenvalue weighted by Crippen LogP contribution is 2.37. The van der Waals surface area contributed by atoms with Crippen LogP contribution in [0.1, 0.15) is 11.9 Å². The first-order chi connectivity index (χ1) is 10.7. The quantitative estimate of drug-likeness (QED) is 0.486. The number of methoxy groups -OCH3 is 1. The summed E-state index contributed by atoms with van der Waals surface area (Å²) in [4.78, 5) is 2.78. The van der Waals surface area contributed by atoms with Crippen molar-refractivity contribution in [3.05, 3.63) is 46.3 Å². The van der Waals surface area contributed by atoms with Gasteiger partial charge in [-0.15, -0.1) is 0 Å². The number of alkyl halides is 1. The van der Waals surface area contributed by atoms with E-state index < -0.39 is 37.0 Å². The first-order valence-electron chi connectivity index (χ1n) is 6.93. The number of fused-ring (bicyclic) bond motifs is 1. The van der Waals surface area contributed by atoms with E-state index in [1.54, 1.807) is 0 Å². The van der Waals surface area contributed by atoms with Crippen molar-refractivity contribution in [2.45, 2.75) is 37.0 Å². The van der Waals surface area contributed by atoms with Gasteiger partial charge in [0, 0.05) is 17.6 Å². The Labute approximate surface area is 126 Å². The summed E-state index contributed by atoms with van der Waals surface area (Å²) in [6.45, 7) is 0.231. The van der Waals surface area contributed by atoms with Crippen molar-refractivity contribution in [3.63, 3.8) is 0 Å². The van der Waals surface area contributed by atoms with E-state index in [0.717, 1.165) is 5.56 Å². The lowest BCUT2D eigenvalue weighted by molar-refractivity contribution is -0.247. The number of halogens is 1. The molecule has 118 valence electrons. The monoisotopic (exact) mass is 309 g/mol. The summed E-state index contributed by atoms with van der Waals surface area (Å²) in [6, 6.07) is 8.56. The third kappa shape index (κ3) is 2.79. The Morgan fingerprint density at radius 3 is 2.82 bits per heavy atom. The minimum Gasteiger partial charge on any atom is -0.364 e. The van der Waals surface area contributed by atoms with Crippen LogP contribution in [0.3, 0.4) is 0 Å². The van der Waals surface area contributed by atoms with Gasteiger partial charge < -0.3 is 18.9 Å². The Morgan fingerprint density at radius 2 is 2.14 bits per heavy atom. The van der Waals surface area contributed by atoms with E-state index in [1.807, 2.05) is 30.3 Å². The first kappa shape index (κ1) is 15.2. The van der Waals surface area contributed by atoms with Crippen LogP contribution in [0.2, 0.25) is 0 Å². The molecular formula is C14H16FN3O4. The van der Waals surface area contributed by atoms with Crippen molar-refractivity contribution in [1.82, 2.24) is 0 Å². The molecule has 0 unspecified atom stereocenters. The average molecular weight is 309 g/mol. The first-order valence-corrected chi connectivity index (χ1v) is 6.93. The molecule has 2 aliphatic heterocycles. The lowest BCUT2D eigenvalue weighted by Gasteiger charge is -2.33. The molecule has 2 saturated heterocycles. The summed E-state index contributed by atoms with van der Waals surface area (Å²) in [5.74, 6) is 0. The highest BCUT2D eigenvalue weighted by Gasteiger charge is 2.51. The van der Waals surface area contributed by atoms with Crippen LogP contribution in [-0.2, 0) is 18.9 Å². The van der Waals surface area contributed by atoms with E-state index >= 15 is 0 Å². The van der Waals surface area contributed by atoms with Gasteiger partial charge in [-0.3, -0.25) is 0 Å². The van der Waals surface area contributed by atoms with Gasteiger partial charge in [-0.2, -0.15) is 0 Å². The minimum atomic E-state index is -1.69. The molecule has 0 spiro atoms. The van der Waals surface area contributed by atoms with Gasteiger partial charge in [-0.1, -0.05) is 35.4 Å². The summed E-state index contributed by atoms with van der Waals surface area (Å²) in [7, 11) is 1.23. The Morgan fingerprint density at radius 1 is 1.36 bits per heavy atom. The summed E-state index contributed by atoms with van der Waals surface area (Å²) in [6.07, 6.45) is -4.36. The highest BCUT2D eigenvalue weighted by atomic mass is 19.1. The highest BCUT2D eigenvalue weighted by molar-refractivity contribution is 5.17. The van der Waals surface area contributed by atoms with Gasteiger partial charge >= 0.3 is 0 Å². The molecule has 0 amide bonds. The summed E-state index contributed by atoms with van der Waals surface area (Å²) in [5, 5.41) is 3.64. The molecule has 2 heterocycles. The number of ether oxygens (including phenoxy) is 4. The molecule has 1 aromatic rings. The van der Waals surface area contributed by atoms with Crippen LogP contribution in [0.5, 0.6) is 0 Å². The number of rotatable bonds is 4. The second kappa shape index (κ2) is 6.60. The third-order valence-corrected chi connectivity index (χ3v) is 3.80. The molecule has 0 radical (unpaired) electrons. The Hall–Kier alpha value is -1.70. The summed E-state index contributed by atoms with van der Waals surface area (Å²) < 4.78 is 35.5. The van der Waals surface area contributed by atoms with Crippen molar-refractivity contribution < 1.29 is 23.3 Å². The third-order valence-electron chi connectivity index (χ3n) is 3.80. The molecule has 8 heteroatoms. The lowest BCUT2D eigenvalue weighted by Crippen LogP contribution is -2.43. The molecule has 7 nitrogen and oxygen atoms in total. The lowest BCUT2D eigenvalue weighted by atomic mass is 10.0. The van der Waals surface area contributed by atoms with Crippen molar-refractivity contribution in [2.24, 2.45) is 5.11 Å². The molecule has 0 bridgehead atoms. The van der Waals surface area contributed by atoms with E-state index in [1.165, 1.54) is 7.11 Å². The maximum Gasteiger partial charge on any atom is 0.225 e. The molecule has 1 aromatic carbocycles. The van der Waals surface area contributed by atoms with Crippen LogP contribution in [0.15, 0.2) is 35.4 Å². The molecule has 0 saturated carbocycles. The SMILES string of the molecule is CO[C@H](F)[C@H]1O[C@@H]2CO[C@@H](c3ccccc3)O[C@H]2[C@H]1N=[N+]=[N-]. The molecule has 6 atom stereocenters. The molecule has 2 aliphatic rings. The smallest absolute Gasteiger partial charge is 0.225 e. The predicted octanol–water partition coefficient (Wildman–Crippen LogP) is 2.49. The maximum atomic E-state index is 13.8. The standard InChI is InChI=1S/C14H16FN3O4/c1-19-13(15)12-10(17-18-16)11-9(21-12)7-20-14(22-11)8-5-3-2-4-6-8/h2-6,9-14H,7H2,1H3/t9-,10-,11-,12+,13+,14-/m1/s1. The zero-order chi connectivity index (χ0) is 15.5. The van der Waals surface area contributed by atoms with Crippen LogP contribution in [-0.4, -0.2) is 44.4 Å². The van der Waals surface area contributed by atoms with E-state index in [4.69, 9.17) is 19.7 Å². The van der Waals surface area contributed by atoms with Gasteiger partial charge in [0.25, 0.3) is 0 Å². The Balaban J connectivity index is 1.80. The van der Waals surface area contributed by atoms with Crippen molar-refractivity contribution in [1.29, 1.82) is 0 Å². The van der Waals surface area contributed by atoms with Crippen molar-refractivity contribution in [2.75, 3.05) is 13.7 Å². The zero-order valence-electron chi connectivity index (χ0n) is 11.9. The zero-order valence-corrected chi connectivity index (χ0v) is 11.9. The fraction of sp³-hybridized carbons (Fsp3) is 0.571. The molecule has 0 aromatic heterocycles. The maximum absolute atomic E-state index is 13.8. The number of azide groups is 1. The molecule has 0 N–H and O–H groups in total. The molecular weight excluding hydrogens is 293 g/mol. The van der Waals surface area contributed by atoms with Gasteiger partial charge in [0.15, 0.2) is 6.29 Å². The molecule has 2 fully saturated rings. The van der Waals surface area contributed by atoms with Gasteiger partial charge in [-0.05, 0) is 5.53 Å². The normalized spacial score (nSPS) is 35.5. The van der Waals surface area contributed by atoms with E-state index in [2.05, 4.69) is 14.8 Å². The van der Waals surface area contributed by atoms with E-state index in [0.29, 0.717) is 0 Å². The van der Waals surface area contributed by atoms with Crippen molar-refractivity contribution >= 4 is 0 Å². The average Bonchev–Trinajstić information content (AvgIpc) is 2.93. The van der Waals surface area contributed by atoms with Crippen LogP contribution in [0.4, 0.5) is 4.39 Å². The fourth-order valence-electron chi connectivity index (χ4n) is 2.76. The largest absolute Gasteiger partial charge is 0.364 e. The van der Waals surface area contributed by atoms with Crippen LogP contribution in [0, 0.1) is 0 Å². The van der Waals surface area contributed by atoms with E-state index in [-0.39, 0.29) is 6.61 Å². The second-order valence-corrected chi connectivity index (χ2v) is 5.10. The summed E-state index contributed by atoms with van der Waals surface area (Å²) >= 11 is 0. The predicted molar refractivity (Wildman–Crippen MR) is 73.5 cm³/mol. The molecule has 3 rings (SSSR count). The van der Waals surface area contributed by atoms with Crippen molar-refractivity contribution in [3.8, 4) is 0 Å². The number of hydrogen-bond donors (Lipinski definition) is 0. The number of benzene rings is 1. The van der Waals surface area contributed by atoms with Crippen LogP contribution >= 0.6 is 0 Å². The molecule has 0 aliphatic carbocycles. The van der Waals surface area contributed by atoms with Crippen LogP contribution in [0.25, 0.3) is 10.4 Å². The van der Waals surface area contributed by atoms with Gasteiger partial charge in [0.1, 0.15) is 18.3 Å². The minimum absolute atomic E-state index is 0.231. The van der Waals surface area contributed by atoms with Gasteiger partial charge in [0.2, 0.25) is 6.36 Å².